The molecule has 0 aromatic carbocycles. The van der Waals surface area contributed by atoms with Gasteiger partial charge in [-0.2, -0.15) is 0 Å². The molecule has 76 valence electrons. The first-order valence-corrected chi connectivity index (χ1v) is 5.63. The van der Waals surface area contributed by atoms with Gasteiger partial charge in [0.1, 0.15) is 0 Å². The molecule has 13 heavy (non-hydrogen) atoms. The Labute approximate surface area is 80.5 Å². The van der Waals surface area contributed by atoms with Crippen molar-refractivity contribution in [3.05, 3.63) is 0 Å². The number of aliphatic hydroxyl groups is 1. The molecule has 0 bridgehead atoms. The Morgan fingerprint density at radius 3 is 2.62 bits per heavy atom. The molecule has 0 saturated heterocycles. The van der Waals surface area contributed by atoms with Gasteiger partial charge in [0.2, 0.25) is 0 Å². The minimum absolute atomic E-state index is 0.0275. The zero-order chi connectivity index (χ0) is 9.31. The van der Waals surface area contributed by atoms with Crippen molar-refractivity contribution >= 4 is 0 Å². The molecule has 2 nitrogen and oxygen atoms in total. The highest BCUT2D eigenvalue weighted by Crippen LogP contribution is 2.46. The molecule has 3 N–H and O–H groups in total. The summed E-state index contributed by atoms with van der Waals surface area (Å²) in [7, 11) is 0. The molecule has 2 aliphatic rings. The van der Waals surface area contributed by atoms with Gasteiger partial charge in [0.15, 0.2) is 0 Å². The normalized spacial score (nSPS) is 40.6. The largest absolute Gasteiger partial charge is 0.396 e. The molecule has 2 fully saturated rings. The lowest BCUT2D eigenvalue weighted by Crippen LogP contribution is -2.45. The SMILES string of the molecule is NC1(CCO)CCCC(C2CC2)C1. The van der Waals surface area contributed by atoms with Crippen molar-refractivity contribution in [2.75, 3.05) is 6.61 Å². The highest BCUT2D eigenvalue weighted by molar-refractivity contribution is 4.95. The fourth-order valence-electron chi connectivity index (χ4n) is 2.86. The van der Waals surface area contributed by atoms with Crippen molar-refractivity contribution in [2.24, 2.45) is 17.6 Å². The van der Waals surface area contributed by atoms with E-state index in [2.05, 4.69) is 0 Å². The van der Waals surface area contributed by atoms with Crippen LogP contribution in [0.5, 0.6) is 0 Å². The molecule has 0 radical (unpaired) electrons. The Balaban J connectivity index is 1.89. The van der Waals surface area contributed by atoms with Crippen LogP contribution in [0.15, 0.2) is 0 Å². The lowest BCUT2D eigenvalue weighted by Gasteiger charge is -2.38. The van der Waals surface area contributed by atoms with Gasteiger partial charge < -0.3 is 10.8 Å². The highest BCUT2D eigenvalue weighted by atomic mass is 16.3. The van der Waals surface area contributed by atoms with Gasteiger partial charge in [-0.25, -0.2) is 0 Å². The maximum Gasteiger partial charge on any atom is 0.0448 e. The van der Waals surface area contributed by atoms with E-state index in [1.807, 2.05) is 0 Å². The summed E-state index contributed by atoms with van der Waals surface area (Å²) in [6.07, 6.45) is 8.61. The number of hydrogen-bond acceptors (Lipinski definition) is 2. The number of aliphatic hydroxyl groups excluding tert-OH is 1. The minimum Gasteiger partial charge on any atom is -0.396 e. The van der Waals surface area contributed by atoms with E-state index in [4.69, 9.17) is 10.8 Å². The fourth-order valence-corrected chi connectivity index (χ4v) is 2.86. The third-order valence-electron chi connectivity index (χ3n) is 3.82. The predicted molar refractivity (Wildman–Crippen MR) is 53.3 cm³/mol. The monoisotopic (exact) mass is 183 g/mol. The smallest absolute Gasteiger partial charge is 0.0448 e. The van der Waals surface area contributed by atoms with E-state index >= 15 is 0 Å². The summed E-state index contributed by atoms with van der Waals surface area (Å²) in [6.45, 7) is 0.258. The lowest BCUT2D eigenvalue weighted by atomic mass is 9.73. The van der Waals surface area contributed by atoms with Crippen molar-refractivity contribution in [1.82, 2.24) is 0 Å². The van der Waals surface area contributed by atoms with Crippen molar-refractivity contribution in [1.29, 1.82) is 0 Å². The Morgan fingerprint density at radius 2 is 2.00 bits per heavy atom. The van der Waals surface area contributed by atoms with E-state index < -0.39 is 0 Å². The first kappa shape index (κ1) is 9.47. The maximum absolute atomic E-state index is 8.94. The van der Waals surface area contributed by atoms with Crippen LogP contribution < -0.4 is 5.73 Å². The lowest BCUT2D eigenvalue weighted by molar-refractivity contribution is 0.159. The molecule has 2 heteroatoms. The average Bonchev–Trinajstić information content (AvgIpc) is 2.86. The van der Waals surface area contributed by atoms with Crippen molar-refractivity contribution in [3.63, 3.8) is 0 Å². The van der Waals surface area contributed by atoms with Gasteiger partial charge in [-0.15, -0.1) is 0 Å². The van der Waals surface area contributed by atoms with Crippen LogP contribution in [0.25, 0.3) is 0 Å². The summed E-state index contributed by atoms with van der Waals surface area (Å²) in [5, 5.41) is 8.94. The fraction of sp³-hybridized carbons (Fsp3) is 1.00. The van der Waals surface area contributed by atoms with Gasteiger partial charge in [-0.1, -0.05) is 12.8 Å². The second-order valence-corrected chi connectivity index (χ2v) is 5.03. The van der Waals surface area contributed by atoms with E-state index in [-0.39, 0.29) is 12.1 Å². The van der Waals surface area contributed by atoms with Crippen LogP contribution in [0.3, 0.4) is 0 Å². The molecule has 0 aromatic heterocycles. The minimum atomic E-state index is -0.0275. The van der Waals surface area contributed by atoms with Crippen LogP contribution >= 0.6 is 0 Å². The van der Waals surface area contributed by atoms with Crippen LogP contribution in [0.2, 0.25) is 0 Å². The summed E-state index contributed by atoms with van der Waals surface area (Å²) in [5.41, 5.74) is 6.24. The molecule has 0 aromatic rings. The van der Waals surface area contributed by atoms with E-state index in [1.165, 1.54) is 25.7 Å². The first-order valence-electron chi connectivity index (χ1n) is 5.63. The molecule has 2 atom stereocenters. The topological polar surface area (TPSA) is 46.2 Å². The van der Waals surface area contributed by atoms with Crippen LogP contribution in [0.1, 0.15) is 44.9 Å². The zero-order valence-corrected chi connectivity index (χ0v) is 8.34. The first-order chi connectivity index (χ1) is 6.23. The Hall–Kier alpha value is -0.0800. The van der Waals surface area contributed by atoms with Crippen molar-refractivity contribution in [3.8, 4) is 0 Å². The van der Waals surface area contributed by atoms with Crippen molar-refractivity contribution in [2.45, 2.75) is 50.5 Å². The Kier molecular flexibility index (Phi) is 2.61. The third kappa shape index (κ3) is 2.23. The Bertz CT molecular complexity index is 175. The quantitative estimate of drug-likeness (QED) is 0.699. The van der Waals surface area contributed by atoms with E-state index in [0.29, 0.717) is 0 Å². The summed E-state index contributed by atoms with van der Waals surface area (Å²) >= 11 is 0. The number of rotatable bonds is 3. The van der Waals surface area contributed by atoms with Crippen LogP contribution in [-0.4, -0.2) is 17.3 Å². The molecular formula is C11H21NO. The second-order valence-electron chi connectivity index (χ2n) is 5.03. The van der Waals surface area contributed by atoms with Gasteiger partial charge in [0, 0.05) is 12.1 Å². The average molecular weight is 183 g/mol. The predicted octanol–water partition coefficient (Wildman–Crippen LogP) is 1.67. The van der Waals surface area contributed by atoms with Crippen molar-refractivity contribution < 1.29 is 5.11 Å². The van der Waals surface area contributed by atoms with E-state index in [1.54, 1.807) is 0 Å². The van der Waals surface area contributed by atoms with E-state index in [0.717, 1.165) is 31.1 Å². The van der Waals surface area contributed by atoms with Crippen LogP contribution in [0, 0.1) is 11.8 Å². The van der Waals surface area contributed by atoms with Gasteiger partial charge in [-0.3, -0.25) is 0 Å². The number of hydrogen-bond donors (Lipinski definition) is 2. The molecular weight excluding hydrogens is 162 g/mol. The molecule has 2 rings (SSSR count). The second kappa shape index (κ2) is 3.58. The summed E-state index contributed by atoms with van der Waals surface area (Å²) in [6, 6.07) is 0. The number of nitrogens with two attached hydrogens (primary N) is 1. The molecule has 2 unspecified atom stereocenters. The molecule has 2 aliphatic carbocycles. The molecule has 0 aliphatic heterocycles. The summed E-state index contributed by atoms with van der Waals surface area (Å²) in [5.74, 6) is 1.87. The van der Waals surface area contributed by atoms with Crippen LogP contribution in [-0.2, 0) is 0 Å². The van der Waals surface area contributed by atoms with Gasteiger partial charge in [-0.05, 0) is 43.9 Å². The van der Waals surface area contributed by atoms with Gasteiger partial charge in [0.05, 0.1) is 0 Å². The molecule has 0 amide bonds. The third-order valence-corrected chi connectivity index (χ3v) is 3.82. The molecule has 0 heterocycles. The maximum atomic E-state index is 8.94. The molecule has 2 saturated carbocycles. The van der Waals surface area contributed by atoms with Gasteiger partial charge >= 0.3 is 0 Å². The van der Waals surface area contributed by atoms with E-state index in [9.17, 15) is 0 Å². The molecule has 0 spiro atoms. The highest BCUT2D eigenvalue weighted by Gasteiger charge is 2.39. The zero-order valence-electron chi connectivity index (χ0n) is 8.34. The summed E-state index contributed by atoms with van der Waals surface area (Å²) in [4.78, 5) is 0. The van der Waals surface area contributed by atoms with Crippen LogP contribution in [0.4, 0.5) is 0 Å². The standard InChI is InChI=1S/C11H21NO/c12-11(6-7-13)5-1-2-10(8-11)9-3-4-9/h9-10,13H,1-8,12H2. The summed E-state index contributed by atoms with van der Waals surface area (Å²) < 4.78 is 0. The Morgan fingerprint density at radius 1 is 1.23 bits per heavy atom. The van der Waals surface area contributed by atoms with Gasteiger partial charge in [0.25, 0.3) is 0 Å².